The molecule has 0 saturated carbocycles. The quantitative estimate of drug-likeness (QED) is 0.763. The van der Waals surface area contributed by atoms with Gasteiger partial charge in [-0.2, -0.15) is 0 Å². The van der Waals surface area contributed by atoms with Gasteiger partial charge in [0.15, 0.2) is 0 Å². The van der Waals surface area contributed by atoms with Gasteiger partial charge in [0.1, 0.15) is 11.6 Å². The Labute approximate surface area is 154 Å². The molecule has 2 aromatic rings. The number of halogens is 2. The van der Waals surface area contributed by atoms with Gasteiger partial charge >= 0.3 is 0 Å². The first-order chi connectivity index (χ1) is 11.7. The maximum atomic E-state index is 13.7. The predicted octanol–water partition coefficient (Wildman–Crippen LogP) is 3.34. The molecular formula is C17H17BrFNO4S. The summed E-state index contributed by atoms with van der Waals surface area (Å²) in [6, 6.07) is 8.50. The average Bonchev–Trinajstić information content (AvgIpc) is 2.52. The molecule has 8 heteroatoms. The first-order valence-electron chi connectivity index (χ1n) is 7.46. The fourth-order valence-corrected chi connectivity index (χ4v) is 3.83. The molecule has 0 bridgehead atoms. The molecule has 0 aromatic heterocycles. The Kier molecular flexibility index (Phi) is 6.18. The summed E-state index contributed by atoms with van der Waals surface area (Å²) in [6.07, 6.45) is -0.370. The van der Waals surface area contributed by atoms with E-state index in [1.807, 2.05) is 11.6 Å². The zero-order valence-corrected chi connectivity index (χ0v) is 16.1. The van der Waals surface area contributed by atoms with Gasteiger partial charge in [0, 0.05) is 0 Å². The van der Waals surface area contributed by atoms with E-state index in [0.717, 1.165) is 5.56 Å². The fourth-order valence-electron chi connectivity index (χ4n) is 2.18. The van der Waals surface area contributed by atoms with Gasteiger partial charge in [0.25, 0.3) is 10.0 Å². The zero-order valence-electron chi connectivity index (χ0n) is 13.7. The van der Waals surface area contributed by atoms with Crippen LogP contribution in [0.25, 0.3) is 0 Å². The number of ether oxygens (including phenoxy) is 1. The Balaban J connectivity index is 2.16. The summed E-state index contributed by atoms with van der Waals surface area (Å²) in [5.41, 5.74) is 0.920. The molecule has 1 N–H and O–H groups in total. The Hall–Kier alpha value is -1.93. The van der Waals surface area contributed by atoms with Crippen molar-refractivity contribution in [2.75, 3.05) is 6.61 Å². The minimum Gasteiger partial charge on any atom is -0.493 e. The SMILES string of the molecule is CCOc1ccc(S(=O)(=O)NC(=O)Cc2cc(C)ccc2F)cc1Br. The lowest BCUT2D eigenvalue weighted by atomic mass is 10.1. The number of sulfonamides is 1. The third kappa shape index (κ3) is 5.02. The first-order valence-corrected chi connectivity index (χ1v) is 9.73. The molecule has 1 amide bonds. The van der Waals surface area contributed by atoms with Crippen molar-refractivity contribution in [1.82, 2.24) is 4.72 Å². The minimum absolute atomic E-state index is 0.0964. The highest BCUT2D eigenvalue weighted by Gasteiger charge is 2.20. The van der Waals surface area contributed by atoms with Gasteiger partial charge in [0.05, 0.1) is 22.4 Å². The molecule has 0 fully saturated rings. The lowest BCUT2D eigenvalue weighted by Crippen LogP contribution is -2.32. The second-order valence-corrected chi connectivity index (χ2v) is 7.86. The van der Waals surface area contributed by atoms with E-state index in [1.54, 1.807) is 13.0 Å². The Morgan fingerprint density at radius 2 is 1.96 bits per heavy atom. The van der Waals surface area contributed by atoms with Crippen LogP contribution in [0.3, 0.4) is 0 Å². The highest BCUT2D eigenvalue weighted by molar-refractivity contribution is 9.10. The van der Waals surface area contributed by atoms with Crippen LogP contribution in [0.5, 0.6) is 5.75 Å². The van der Waals surface area contributed by atoms with Crippen LogP contribution in [0.4, 0.5) is 4.39 Å². The molecule has 0 atom stereocenters. The lowest BCUT2D eigenvalue weighted by molar-refractivity contribution is -0.118. The van der Waals surface area contributed by atoms with E-state index in [9.17, 15) is 17.6 Å². The third-order valence-corrected chi connectivity index (χ3v) is 5.30. The van der Waals surface area contributed by atoms with Gasteiger partial charge in [-0.1, -0.05) is 17.7 Å². The molecule has 0 aliphatic carbocycles. The fraction of sp³-hybridized carbons (Fsp3) is 0.235. The van der Waals surface area contributed by atoms with Crippen LogP contribution < -0.4 is 9.46 Å². The maximum absolute atomic E-state index is 13.7. The van der Waals surface area contributed by atoms with Gasteiger partial charge < -0.3 is 4.74 Å². The molecular weight excluding hydrogens is 413 g/mol. The molecule has 25 heavy (non-hydrogen) atoms. The normalized spacial score (nSPS) is 11.2. The molecule has 0 unspecified atom stereocenters. The zero-order chi connectivity index (χ0) is 18.6. The molecule has 2 rings (SSSR count). The van der Waals surface area contributed by atoms with Crippen LogP contribution in [-0.4, -0.2) is 20.9 Å². The van der Waals surface area contributed by atoms with Crippen molar-refractivity contribution >= 4 is 31.9 Å². The smallest absolute Gasteiger partial charge is 0.264 e. The van der Waals surface area contributed by atoms with Crippen LogP contribution in [0.1, 0.15) is 18.1 Å². The summed E-state index contributed by atoms with van der Waals surface area (Å²) in [6.45, 7) is 4.00. The lowest BCUT2D eigenvalue weighted by Gasteiger charge is -2.10. The Morgan fingerprint density at radius 3 is 2.60 bits per heavy atom. The van der Waals surface area contributed by atoms with Crippen LogP contribution in [-0.2, 0) is 21.2 Å². The average molecular weight is 430 g/mol. The standard InChI is InChI=1S/C17H17BrFNO4S/c1-3-24-16-7-5-13(10-14(16)18)25(22,23)20-17(21)9-12-8-11(2)4-6-15(12)19/h4-8,10H,3,9H2,1-2H3,(H,20,21). The summed E-state index contributed by atoms with van der Waals surface area (Å²) in [7, 11) is -4.06. The predicted molar refractivity (Wildman–Crippen MR) is 95.5 cm³/mol. The van der Waals surface area contributed by atoms with E-state index in [-0.39, 0.29) is 16.9 Å². The molecule has 0 heterocycles. The van der Waals surface area contributed by atoms with Gasteiger partial charge in [-0.15, -0.1) is 0 Å². The summed E-state index contributed by atoms with van der Waals surface area (Å²) in [5.74, 6) is -0.869. The molecule has 0 spiro atoms. The van der Waals surface area contributed by atoms with Gasteiger partial charge in [-0.25, -0.2) is 17.5 Å². The number of nitrogens with one attached hydrogen (secondary N) is 1. The third-order valence-electron chi connectivity index (χ3n) is 3.31. The summed E-state index contributed by atoms with van der Waals surface area (Å²) < 4.78 is 46.1. The van der Waals surface area contributed by atoms with Crippen molar-refractivity contribution in [3.8, 4) is 5.75 Å². The molecule has 0 aliphatic heterocycles. The first kappa shape index (κ1) is 19.4. The van der Waals surface area contributed by atoms with Gasteiger partial charge in [-0.05, 0) is 59.6 Å². The van der Waals surface area contributed by atoms with E-state index >= 15 is 0 Å². The van der Waals surface area contributed by atoms with Crippen LogP contribution in [0.2, 0.25) is 0 Å². The van der Waals surface area contributed by atoms with Crippen LogP contribution in [0, 0.1) is 12.7 Å². The molecule has 0 saturated heterocycles. The topological polar surface area (TPSA) is 72.5 Å². The largest absolute Gasteiger partial charge is 0.493 e. The number of hydrogen-bond donors (Lipinski definition) is 1. The number of benzene rings is 2. The number of amides is 1. The van der Waals surface area contributed by atoms with Crippen molar-refractivity contribution in [3.05, 3.63) is 57.8 Å². The van der Waals surface area contributed by atoms with Gasteiger partial charge in [0.2, 0.25) is 5.91 Å². The molecule has 2 aromatic carbocycles. The van der Waals surface area contributed by atoms with Crippen LogP contribution in [0.15, 0.2) is 45.8 Å². The van der Waals surface area contributed by atoms with E-state index in [2.05, 4.69) is 15.9 Å². The molecule has 5 nitrogen and oxygen atoms in total. The molecule has 134 valence electrons. The van der Waals surface area contributed by atoms with Crippen molar-refractivity contribution in [1.29, 1.82) is 0 Å². The number of aryl methyl sites for hydroxylation is 1. The second-order valence-electron chi connectivity index (χ2n) is 5.33. The maximum Gasteiger partial charge on any atom is 0.264 e. The number of carbonyl (C=O) groups excluding carboxylic acids is 1. The van der Waals surface area contributed by atoms with Crippen molar-refractivity contribution in [3.63, 3.8) is 0 Å². The number of hydrogen-bond acceptors (Lipinski definition) is 4. The Bertz CT molecular complexity index is 900. The van der Waals surface area contributed by atoms with E-state index in [0.29, 0.717) is 16.8 Å². The van der Waals surface area contributed by atoms with E-state index in [1.165, 1.54) is 30.3 Å². The molecule has 0 radical (unpaired) electrons. The second kappa shape index (κ2) is 7.97. The van der Waals surface area contributed by atoms with Crippen molar-refractivity contribution in [2.24, 2.45) is 0 Å². The van der Waals surface area contributed by atoms with E-state index < -0.39 is 21.7 Å². The number of rotatable bonds is 6. The van der Waals surface area contributed by atoms with Gasteiger partial charge in [-0.3, -0.25) is 4.79 Å². The van der Waals surface area contributed by atoms with Crippen LogP contribution >= 0.6 is 15.9 Å². The number of carbonyl (C=O) groups is 1. The Morgan fingerprint density at radius 1 is 1.24 bits per heavy atom. The summed E-state index contributed by atoms with van der Waals surface area (Å²) in [4.78, 5) is 11.9. The van der Waals surface area contributed by atoms with Crippen molar-refractivity contribution in [2.45, 2.75) is 25.2 Å². The highest BCUT2D eigenvalue weighted by atomic mass is 79.9. The highest BCUT2D eigenvalue weighted by Crippen LogP contribution is 2.27. The summed E-state index contributed by atoms with van der Waals surface area (Å²) >= 11 is 3.23. The van der Waals surface area contributed by atoms with E-state index in [4.69, 9.17) is 4.74 Å². The minimum atomic E-state index is -4.06. The molecule has 0 aliphatic rings. The van der Waals surface area contributed by atoms with Crippen molar-refractivity contribution < 1.29 is 22.3 Å². The monoisotopic (exact) mass is 429 g/mol. The summed E-state index contributed by atoms with van der Waals surface area (Å²) in [5, 5.41) is 0.